The smallest absolute Gasteiger partial charge is 0.173 e. The van der Waals surface area contributed by atoms with Gasteiger partial charge in [-0.05, 0) is 12.1 Å². The Morgan fingerprint density at radius 3 is 2.36 bits per heavy atom. The minimum atomic E-state index is -1.65. The first kappa shape index (κ1) is 8.27. The van der Waals surface area contributed by atoms with Crippen LogP contribution in [0.15, 0.2) is 46.7 Å². The molecule has 0 nitrogen and oxygen atoms in total. The summed E-state index contributed by atoms with van der Waals surface area (Å²) in [5.74, 6) is 0. The zero-order valence-electron chi connectivity index (χ0n) is 5.63. The Hall–Kier alpha value is -0.830. The van der Waals surface area contributed by atoms with Crippen molar-refractivity contribution in [2.45, 2.75) is 4.90 Å². The molecule has 0 amide bonds. The molecular formula is C8H6F2S. The van der Waals surface area contributed by atoms with Gasteiger partial charge in [0.2, 0.25) is 0 Å². The highest BCUT2D eigenvalue weighted by molar-refractivity contribution is 8.02. The number of rotatable bonds is 2. The molecule has 0 N–H and O–H groups in total. The summed E-state index contributed by atoms with van der Waals surface area (Å²) in [7, 11) is 0. The van der Waals surface area contributed by atoms with E-state index in [1.54, 1.807) is 12.1 Å². The van der Waals surface area contributed by atoms with Crippen molar-refractivity contribution in [1.29, 1.82) is 0 Å². The summed E-state index contributed by atoms with van der Waals surface area (Å²) >= 11 is 1.02. The van der Waals surface area contributed by atoms with Crippen LogP contribution in [0, 0.1) is 0 Å². The van der Waals surface area contributed by atoms with E-state index in [1.807, 2.05) is 18.2 Å². The predicted octanol–water partition coefficient (Wildman–Crippen LogP) is 3.52. The quantitative estimate of drug-likeness (QED) is 0.615. The molecule has 0 aliphatic rings. The molecule has 0 heterocycles. The van der Waals surface area contributed by atoms with Gasteiger partial charge in [0.15, 0.2) is 0 Å². The first-order valence-corrected chi connectivity index (χ1v) is 3.90. The van der Waals surface area contributed by atoms with Gasteiger partial charge in [-0.1, -0.05) is 30.0 Å². The van der Waals surface area contributed by atoms with E-state index in [2.05, 4.69) is 0 Å². The third-order valence-electron chi connectivity index (χ3n) is 1.03. The maximum atomic E-state index is 11.6. The Morgan fingerprint density at radius 1 is 1.18 bits per heavy atom. The zero-order valence-corrected chi connectivity index (χ0v) is 6.44. The van der Waals surface area contributed by atoms with Gasteiger partial charge in [0.05, 0.1) is 0 Å². The zero-order chi connectivity index (χ0) is 8.10. The van der Waals surface area contributed by atoms with Gasteiger partial charge in [-0.25, -0.2) is 0 Å². The summed E-state index contributed by atoms with van der Waals surface area (Å²) in [5, 5.41) is 0.829. The first-order valence-electron chi connectivity index (χ1n) is 3.02. The third kappa shape index (κ3) is 3.18. The Bertz CT molecular complexity index is 240. The highest BCUT2D eigenvalue weighted by atomic mass is 32.2. The van der Waals surface area contributed by atoms with Crippen LogP contribution in [0.5, 0.6) is 0 Å². The molecule has 0 saturated carbocycles. The number of hydrogen-bond acceptors (Lipinski definition) is 1. The fourth-order valence-corrected chi connectivity index (χ4v) is 1.15. The van der Waals surface area contributed by atoms with Crippen LogP contribution in [0.2, 0.25) is 0 Å². The molecule has 3 heteroatoms. The highest BCUT2D eigenvalue weighted by Crippen LogP contribution is 2.20. The average Bonchev–Trinajstić information content (AvgIpc) is 2.03. The van der Waals surface area contributed by atoms with Crippen molar-refractivity contribution in [2.24, 2.45) is 0 Å². The highest BCUT2D eigenvalue weighted by Gasteiger charge is 1.90. The summed E-state index contributed by atoms with van der Waals surface area (Å²) < 4.78 is 23.1. The molecule has 0 spiro atoms. The lowest BCUT2D eigenvalue weighted by Gasteiger charge is -1.91. The molecule has 0 bridgehead atoms. The lowest BCUT2D eigenvalue weighted by atomic mass is 10.4. The largest absolute Gasteiger partial charge is 0.276 e. The molecule has 0 radical (unpaired) electrons. The lowest BCUT2D eigenvalue weighted by molar-refractivity contribution is 0.424. The SMILES string of the molecule is FC(F)=CSc1ccccc1. The summed E-state index contributed by atoms with van der Waals surface area (Å²) in [6.07, 6.45) is -1.65. The minimum absolute atomic E-state index is 0.820. The van der Waals surface area contributed by atoms with Crippen molar-refractivity contribution >= 4 is 11.8 Å². The van der Waals surface area contributed by atoms with Gasteiger partial charge in [-0.2, -0.15) is 8.78 Å². The molecular weight excluding hydrogens is 166 g/mol. The van der Waals surface area contributed by atoms with Gasteiger partial charge < -0.3 is 0 Å². The fraction of sp³-hybridized carbons (Fsp3) is 0. The Morgan fingerprint density at radius 2 is 1.82 bits per heavy atom. The molecule has 0 unspecified atom stereocenters. The predicted molar refractivity (Wildman–Crippen MR) is 42.6 cm³/mol. The van der Waals surface area contributed by atoms with Gasteiger partial charge in [-0.15, -0.1) is 0 Å². The lowest BCUT2D eigenvalue weighted by Crippen LogP contribution is -1.64. The van der Waals surface area contributed by atoms with Crippen molar-refractivity contribution < 1.29 is 8.78 Å². The van der Waals surface area contributed by atoms with Crippen LogP contribution >= 0.6 is 11.8 Å². The standard InChI is InChI=1S/C8H6F2S/c9-8(10)6-11-7-4-2-1-3-5-7/h1-6H. The van der Waals surface area contributed by atoms with Gasteiger partial charge >= 0.3 is 0 Å². The van der Waals surface area contributed by atoms with Crippen LogP contribution in [-0.4, -0.2) is 0 Å². The monoisotopic (exact) mass is 172 g/mol. The van der Waals surface area contributed by atoms with E-state index in [1.165, 1.54) is 0 Å². The molecule has 0 atom stereocenters. The van der Waals surface area contributed by atoms with Crippen LogP contribution in [0.3, 0.4) is 0 Å². The summed E-state index contributed by atoms with van der Waals surface area (Å²) in [4.78, 5) is 0.820. The summed E-state index contributed by atoms with van der Waals surface area (Å²) in [6.45, 7) is 0. The topological polar surface area (TPSA) is 0 Å². The maximum Gasteiger partial charge on any atom is 0.276 e. The van der Waals surface area contributed by atoms with E-state index in [-0.39, 0.29) is 0 Å². The number of hydrogen-bond donors (Lipinski definition) is 0. The van der Waals surface area contributed by atoms with Crippen LogP contribution in [0.25, 0.3) is 0 Å². The minimum Gasteiger partial charge on any atom is -0.173 e. The summed E-state index contributed by atoms with van der Waals surface area (Å²) in [6, 6.07) is 9.03. The molecule has 0 saturated heterocycles. The van der Waals surface area contributed by atoms with Gasteiger partial charge in [0, 0.05) is 10.3 Å². The van der Waals surface area contributed by atoms with Gasteiger partial charge in [0.1, 0.15) is 0 Å². The van der Waals surface area contributed by atoms with Crippen molar-refractivity contribution in [3.8, 4) is 0 Å². The average molecular weight is 172 g/mol. The van der Waals surface area contributed by atoms with E-state index in [0.717, 1.165) is 22.1 Å². The van der Waals surface area contributed by atoms with Crippen molar-refractivity contribution in [3.63, 3.8) is 0 Å². The number of thioether (sulfide) groups is 1. The van der Waals surface area contributed by atoms with E-state index in [9.17, 15) is 8.78 Å². The number of benzene rings is 1. The second kappa shape index (κ2) is 4.13. The molecule has 0 aromatic heterocycles. The molecule has 11 heavy (non-hydrogen) atoms. The fourth-order valence-electron chi connectivity index (χ4n) is 0.612. The Kier molecular flexibility index (Phi) is 3.11. The maximum absolute atomic E-state index is 11.6. The molecule has 1 aromatic carbocycles. The van der Waals surface area contributed by atoms with Crippen molar-refractivity contribution in [2.75, 3.05) is 0 Å². The first-order chi connectivity index (χ1) is 5.29. The van der Waals surface area contributed by atoms with E-state index >= 15 is 0 Å². The van der Waals surface area contributed by atoms with Crippen LogP contribution < -0.4 is 0 Å². The van der Waals surface area contributed by atoms with Crippen molar-refractivity contribution in [1.82, 2.24) is 0 Å². The molecule has 0 fully saturated rings. The Balaban J connectivity index is 2.59. The third-order valence-corrected chi connectivity index (χ3v) is 1.87. The van der Waals surface area contributed by atoms with Gasteiger partial charge in [-0.3, -0.25) is 0 Å². The molecule has 58 valence electrons. The number of halogens is 2. The van der Waals surface area contributed by atoms with E-state index in [0.29, 0.717) is 0 Å². The molecule has 0 aliphatic carbocycles. The second-order valence-electron chi connectivity index (χ2n) is 1.84. The van der Waals surface area contributed by atoms with Gasteiger partial charge in [0.25, 0.3) is 6.08 Å². The molecule has 0 aliphatic heterocycles. The van der Waals surface area contributed by atoms with Crippen molar-refractivity contribution in [3.05, 3.63) is 41.8 Å². The normalized spacial score (nSPS) is 9.27. The van der Waals surface area contributed by atoms with E-state index in [4.69, 9.17) is 0 Å². The molecule has 1 rings (SSSR count). The van der Waals surface area contributed by atoms with Crippen LogP contribution in [0.4, 0.5) is 8.78 Å². The second-order valence-corrected chi connectivity index (χ2v) is 2.78. The van der Waals surface area contributed by atoms with Crippen LogP contribution in [0.1, 0.15) is 0 Å². The van der Waals surface area contributed by atoms with E-state index < -0.39 is 6.08 Å². The van der Waals surface area contributed by atoms with Crippen LogP contribution in [-0.2, 0) is 0 Å². The Labute approximate surface area is 67.9 Å². The molecule has 1 aromatic rings. The summed E-state index contributed by atoms with van der Waals surface area (Å²) in [5.41, 5.74) is 0.